The molecule has 0 radical (unpaired) electrons. The van der Waals surface area contributed by atoms with Gasteiger partial charge in [-0.05, 0) is 53.9 Å². The van der Waals surface area contributed by atoms with Crippen LogP contribution < -0.4 is 10.2 Å². The molecule has 0 heterocycles. The predicted molar refractivity (Wildman–Crippen MR) is 124 cm³/mol. The van der Waals surface area contributed by atoms with Crippen LogP contribution in [-0.2, 0) is 21.2 Å². The van der Waals surface area contributed by atoms with Crippen molar-refractivity contribution in [2.75, 3.05) is 20.2 Å². The Bertz CT molecular complexity index is 1180. The number of halogens is 1. The van der Waals surface area contributed by atoms with Gasteiger partial charge in [0.15, 0.2) is 0 Å². The Morgan fingerprint density at radius 3 is 2.33 bits per heavy atom. The van der Waals surface area contributed by atoms with E-state index in [0.29, 0.717) is 17.7 Å². The number of rotatable bonds is 10. The van der Waals surface area contributed by atoms with Crippen molar-refractivity contribution in [2.45, 2.75) is 11.3 Å². The van der Waals surface area contributed by atoms with Crippen LogP contribution in [0.2, 0.25) is 0 Å². The number of hydrogen-bond acceptors (Lipinski definition) is 5. The van der Waals surface area contributed by atoms with Gasteiger partial charge < -0.3 is 4.74 Å². The van der Waals surface area contributed by atoms with Crippen LogP contribution in [0.25, 0.3) is 0 Å². The molecule has 33 heavy (non-hydrogen) atoms. The van der Waals surface area contributed by atoms with Crippen LogP contribution in [0.1, 0.15) is 11.1 Å². The predicted octanol–water partition coefficient (Wildman–Crippen LogP) is 3.22. The lowest BCUT2D eigenvalue weighted by Gasteiger charge is -2.21. The molecule has 9 heteroatoms. The van der Waals surface area contributed by atoms with Crippen LogP contribution in [0.4, 0.5) is 4.39 Å². The number of benzene rings is 3. The maximum Gasteiger partial charge on any atom is 0.255 e. The van der Waals surface area contributed by atoms with E-state index in [2.05, 4.69) is 10.5 Å². The lowest BCUT2D eigenvalue weighted by Crippen LogP contribution is -2.40. The van der Waals surface area contributed by atoms with E-state index in [1.165, 1.54) is 49.7 Å². The molecule has 0 aliphatic heterocycles. The molecule has 0 bridgehead atoms. The van der Waals surface area contributed by atoms with E-state index >= 15 is 0 Å². The van der Waals surface area contributed by atoms with E-state index < -0.39 is 22.5 Å². The second kappa shape index (κ2) is 11.3. The number of ether oxygens (including phenoxy) is 1. The average Bonchev–Trinajstić information content (AvgIpc) is 2.83. The van der Waals surface area contributed by atoms with Gasteiger partial charge in [-0.1, -0.05) is 42.5 Å². The highest BCUT2D eigenvalue weighted by atomic mass is 32.2. The molecule has 0 spiro atoms. The molecule has 3 aromatic rings. The zero-order valence-corrected chi connectivity index (χ0v) is 18.8. The summed E-state index contributed by atoms with van der Waals surface area (Å²) in [4.78, 5) is 12.5. The van der Waals surface area contributed by atoms with Gasteiger partial charge in [-0.15, -0.1) is 0 Å². The Labute approximate surface area is 192 Å². The first-order valence-corrected chi connectivity index (χ1v) is 11.6. The second-order valence-electron chi connectivity index (χ2n) is 7.09. The summed E-state index contributed by atoms with van der Waals surface area (Å²) in [6.45, 7) is -0.310. The summed E-state index contributed by atoms with van der Waals surface area (Å²) in [5, 5.41) is 3.84. The van der Waals surface area contributed by atoms with Crippen molar-refractivity contribution in [3.8, 4) is 5.75 Å². The maximum atomic E-state index is 13.2. The van der Waals surface area contributed by atoms with Crippen molar-refractivity contribution >= 4 is 22.1 Å². The van der Waals surface area contributed by atoms with Crippen LogP contribution in [0, 0.1) is 5.82 Å². The highest BCUT2D eigenvalue weighted by Gasteiger charge is 2.26. The molecule has 1 amide bonds. The van der Waals surface area contributed by atoms with Crippen LogP contribution in [0.3, 0.4) is 0 Å². The highest BCUT2D eigenvalue weighted by molar-refractivity contribution is 7.89. The van der Waals surface area contributed by atoms with Gasteiger partial charge in [0.05, 0.1) is 24.8 Å². The van der Waals surface area contributed by atoms with Crippen LogP contribution >= 0.6 is 0 Å². The summed E-state index contributed by atoms with van der Waals surface area (Å²) in [7, 11) is -2.46. The Hall–Kier alpha value is -3.56. The molecule has 3 aromatic carbocycles. The zero-order chi connectivity index (χ0) is 23.7. The summed E-state index contributed by atoms with van der Waals surface area (Å²) >= 11 is 0. The zero-order valence-electron chi connectivity index (χ0n) is 18.0. The topological polar surface area (TPSA) is 88.1 Å². The number of hydrogen-bond donors (Lipinski definition) is 1. The molecular weight excluding hydrogens is 445 g/mol. The lowest BCUT2D eigenvalue weighted by atomic mass is 10.1. The molecular formula is C24H24FN3O4S. The van der Waals surface area contributed by atoms with Gasteiger partial charge in [-0.2, -0.15) is 9.41 Å². The maximum absolute atomic E-state index is 13.2. The number of amides is 1. The SMILES string of the molecule is COc1ccc(S(=O)(=O)N(CCc2ccccc2)CC(=O)N/N=C\c2ccc(F)cc2)cc1. The van der Waals surface area contributed by atoms with Crippen LogP contribution in [0.5, 0.6) is 5.75 Å². The molecule has 0 unspecified atom stereocenters. The molecule has 0 aromatic heterocycles. The largest absolute Gasteiger partial charge is 0.497 e. The molecule has 3 rings (SSSR count). The fourth-order valence-corrected chi connectivity index (χ4v) is 4.40. The van der Waals surface area contributed by atoms with E-state index in [0.717, 1.165) is 9.87 Å². The number of hydrazone groups is 1. The molecule has 0 aliphatic rings. The number of sulfonamides is 1. The van der Waals surface area contributed by atoms with E-state index in [1.54, 1.807) is 12.1 Å². The number of carbonyl (C=O) groups excluding carboxylic acids is 1. The first kappa shape index (κ1) is 24.1. The number of nitrogens with one attached hydrogen (secondary N) is 1. The first-order chi connectivity index (χ1) is 15.9. The van der Waals surface area contributed by atoms with E-state index in [1.807, 2.05) is 30.3 Å². The minimum atomic E-state index is -3.95. The van der Waals surface area contributed by atoms with Gasteiger partial charge in [-0.3, -0.25) is 4.79 Å². The van der Waals surface area contributed by atoms with Crippen molar-refractivity contribution in [1.82, 2.24) is 9.73 Å². The van der Waals surface area contributed by atoms with Gasteiger partial charge in [0, 0.05) is 6.54 Å². The normalized spacial score (nSPS) is 11.6. The standard InChI is InChI=1S/C24H24FN3O4S/c1-32-22-11-13-23(14-12-22)33(30,31)28(16-15-19-5-3-2-4-6-19)18-24(29)27-26-17-20-7-9-21(25)10-8-20/h2-14,17H,15-16,18H2,1H3,(H,27,29)/b26-17-. The van der Waals surface area contributed by atoms with Crippen LogP contribution in [0.15, 0.2) is 88.9 Å². The Balaban J connectivity index is 1.73. The minimum absolute atomic E-state index is 0.0546. The molecule has 0 atom stereocenters. The van der Waals surface area contributed by atoms with Gasteiger partial charge in [0.2, 0.25) is 10.0 Å². The molecule has 7 nitrogen and oxygen atoms in total. The van der Waals surface area contributed by atoms with Crippen LogP contribution in [-0.4, -0.2) is 45.0 Å². The third kappa shape index (κ3) is 6.96. The summed E-state index contributed by atoms with van der Waals surface area (Å²) in [6, 6.07) is 20.9. The first-order valence-electron chi connectivity index (χ1n) is 10.1. The van der Waals surface area contributed by atoms with Gasteiger partial charge in [-0.25, -0.2) is 18.2 Å². The summed E-state index contributed by atoms with van der Waals surface area (Å²) in [5.41, 5.74) is 3.86. The molecule has 0 fully saturated rings. The quantitative estimate of drug-likeness (QED) is 0.365. The van der Waals surface area contributed by atoms with Crippen molar-refractivity contribution < 1.29 is 22.3 Å². The summed E-state index contributed by atoms with van der Waals surface area (Å²) in [5.74, 6) is -0.454. The van der Waals surface area contributed by atoms with E-state index in [9.17, 15) is 17.6 Å². The molecule has 0 saturated heterocycles. The Kier molecular flexibility index (Phi) is 8.28. The van der Waals surface area contributed by atoms with Gasteiger partial charge in [0.25, 0.3) is 5.91 Å². The summed E-state index contributed by atoms with van der Waals surface area (Å²) < 4.78 is 45.7. The smallest absolute Gasteiger partial charge is 0.255 e. The number of methoxy groups -OCH3 is 1. The fourth-order valence-electron chi connectivity index (χ4n) is 3.00. The average molecular weight is 470 g/mol. The van der Waals surface area contributed by atoms with Crippen molar-refractivity contribution in [3.05, 3.63) is 95.8 Å². The highest BCUT2D eigenvalue weighted by Crippen LogP contribution is 2.20. The van der Waals surface area contributed by atoms with Crippen molar-refractivity contribution in [2.24, 2.45) is 5.10 Å². The Morgan fingerprint density at radius 2 is 1.70 bits per heavy atom. The number of nitrogens with zero attached hydrogens (tertiary/aromatic N) is 2. The fraction of sp³-hybridized carbons (Fsp3) is 0.167. The third-order valence-corrected chi connectivity index (χ3v) is 6.64. The molecule has 1 N–H and O–H groups in total. The van der Waals surface area contributed by atoms with Gasteiger partial charge in [0.1, 0.15) is 11.6 Å². The third-order valence-electron chi connectivity index (χ3n) is 4.78. The minimum Gasteiger partial charge on any atom is -0.497 e. The van der Waals surface area contributed by atoms with Crippen molar-refractivity contribution in [1.29, 1.82) is 0 Å². The monoisotopic (exact) mass is 469 g/mol. The Morgan fingerprint density at radius 1 is 1.03 bits per heavy atom. The second-order valence-corrected chi connectivity index (χ2v) is 9.03. The van der Waals surface area contributed by atoms with E-state index in [4.69, 9.17) is 4.74 Å². The molecule has 172 valence electrons. The van der Waals surface area contributed by atoms with Crippen molar-refractivity contribution in [3.63, 3.8) is 0 Å². The molecule has 0 saturated carbocycles. The summed E-state index contributed by atoms with van der Waals surface area (Å²) in [6.07, 6.45) is 1.78. The number of carbonyl (C=O) groups is 1. The lowest BCUT2D eigenvalue weighted by molar-refractivity contribution is -0.121. The van der Waals surface area contributed by atoms with E-state index in [-0.39, 0.29) is 17.3 Å². The van der Waals surface area contributed by atoms with Gasteiger partial charge >= 0.3 is 0 Å². The molecule has 0 aliphatic carbocycles.